The number of esters is 1. The van der Waals surface area contributed by atoms with E-state index in [2.05, 4.69) is 36.1 Å². The highest BCUT2D eigenvalue weighted by molar-refractivity contribution is 8.30. The van der Waals surface area contributed by atoms with E-state index in [-0.39, 0.29) is 24.6 Å². The normalized spacial score (nSPS) is 20.6. The minimum atomic E-state index is -0.521. The van der Waals surface area contributed by atoms with E-state index in [0.29, 0.717) is 36.9 Å². The van der Waals surface area contributed by atoms with Gasteiger partial charge in [0, 0.05) is 29.9 Å². The number of nitrogens with zero attached hydrogens (tertiary/aromatic N) is 3. The molecule has 0 spiro atoms. The van der Waals surface area contributed by atoms with Gasteiger partial charge in [0.25, 0.3) is 11.5 Å². The first-order valence-electron chi connectivity index (χ1n) is 15.6. The maximum absolute atomic E-state index is 13.8. The van der Waals surface area contributed by atoms with Gasteiger partial charge in [-0.2, -0.15) is 0 Å². The number of fused-ring (bicyclic) bond motifs is 3. The van der Waals surface area contributed by atoms with Gasteiger partial charge in [-0.25, -0.2) is 0 Å². The summed E-state index contributed by atoms with van der Waals surface area (Å²) in [4.78, 5) is 44.3. The lowest BCUT2D eigenvalue weighted by Gasteiger charge is -2.27. The molecule has 0 radical (unpaired) electrons. The number of rotatable bonds is 10. The standard InChI is InChI=1S/C34H37N3O5S3/c1-4-6-7-17-35-32(40)30(45-34(35)43)33-36(20-29(38)42-5-2)31(39)28(44-33)19-21-11-16-27-25(18-21)24-9-8-10-26(24)37(27)22-12-14-23(41-3)15-13-22/h11-16,18-19,24,26H,4-10,17,20H2,1-3H3/b28-19+,33-30+. The van der Waals surface area contributed by atoms with Crippen LogP contribution in [0, 0.1) is 0 Å². The van der Waals surface area contributed by atoms with Crippen molar-refractivity contribution in [1.29, 1.82) is 0 Å². The molecule has 2 atom stereocenters. The summed E-state index contributed by atoms with van der Waals surface area (Å²) in [5.74, 6) is 0.511. The summed E-state index contributed by atoms with van der Waals surface area (Å²) in [6.07, 6.45) is 8.17. The summed E-state index contributed by atoms with van der Waals surface area (Å²) in [5.41, 5.74) is 4.22. The van der Waals surface area contributed by atoms with Crippen molar-refractivity contribution >= 4 is 73.9 Å². The minimum absolute atomic E-state index is 0.205. The number of thiocarbonyl (C=S) groups is 1. The van der Waals surface area contributed by atoms with Crippen molar-refractivity contribution in [3.05, 3.63) is 73.1 Å². The van der Waals surface area contributed by atoms with Gasteiger partial charge in [0.15, 0.2) is 0 Å². The molecule has 3 aliphatic rings. The summed E-state index contributed by atoms with van der Waals surface area (Å²) in [7, 11) is 1.68. The highest BCUT2D eigenvalue weighted by atomic mass is 32.2. The molecule has 8 nitrogen and oxygen atoms in total. The Kier molecular flexibility index (Phi) is 9.49. The van der Waals surface area contributed by atoms with Gasteiger partial charge in [-0.1, -0.05) is 56.2 Å². The topological polar surface area (TPSA) is 81.1 Å². The number of benzene rings is 2. The number of ether oxygens (including phenoxy) is 2. The van der Waals surface area contributed by atoms with Crippen LogP contribution in [-0.2, 0) is 20.9 Å². The van der Waals surface area contributed by atoms with Crippen LogP contribution in [0.1, 0.15) is 69.4 Å². The van der Waals surface area contributed by atoms with Crippen molar-refractivity contribution in [2.24, 2.45) is 0 Å². The Morgan fingerprint density at radius 2 is 1.89 bits per heavy atom. The third kappa shape index (κ3) is 6.09. The highest BCUT2D eigenvalue weighted by Crippen LogP contribution is 2.52. The van der Waals surface area contributed by atoms with Gasteiger partial charge in [0.05, 0.1) is 18.2 Å². The van der Waals surface area contributed by atoms with Gasteiger partial charge in [0.2, 0.25) is 0 Å². The lowest BCUT2D eigenvalue weighted by atomic mass is 9.96. The molecule has 1 saturated carbocycles. The second-order valence-corrected chi connectivity index (χ2v) is 14.1. The molecular formula is C34H37N3O5S3. The predicted molar refractivity (Wildman–Crippen MR) is 185 cm³/mol. The van der Waals surface area contributed by atoms with E-state index in [9.17, 15) is 14.4 Å². The minimum Gasteiger partial charge on any atom is -0.497 e. The quantitative estimate of drug-likeness (QED) is 0.165. The fourth-order valence-corrected chi connectivity index (χ4v) is 9.17. The molecule has 2 unspecified atom stereocenters. The monoisotopic (exact) mass is 663 g/mol. The van der Waals surface area contributed by atoms with Crippen LogP contribution >= 0.6 is 35.3 Å². The fourth-order valence-electron chi connectivity index (χ4n) is 6.60. The molecule has 45 heavy (non-hydrogen) atoms. The van der Waals surface area contributed by atoms with E-state index in [1.54, 1.807) is 18.9 Å². The van der Waals surface area contributed by atoms with Gasteiger partial charge in [-0.05, 0) is 79.8 Å². The van der Waals surface area contributed by atoms with E-state index >= 15 is 0 Å². The van der Waals surface area contributed by atoms with Gasteiger partial charge in [0.1, 0.15) is 26.2 Å². The van der Waals surface area contributed by atoms with Crippen molar-refractivity contribution in [3.8, 4) is 5.75 Å². The van der Waals surface area contributed by atoms with E-state index in [1.165, 1.54) is 45.3 Å². The lowest BCUT2D eigenvalue weighted by molar-refractivity contribution is -0.143. The lowest BCUT2D eigenvalue weighted by Crippen LogP contribution is -2.36. The zero-order valence-electron chi connectivity index (χ0n) is 25.7. The average molecular weight is 664 g/mol. The van der Waals surface area contributed by atoms with Crippen LogP contribution in [0.4, 0.5) is 11.4 Å². The van der Waals surface area contributed by atoms with Gasteiger partial charge in [-0.3, -0.25) is 23.9 Å². The van der Waals surface area contributed by atoms with Gasteiger partial charge in [-0.15, -0.1) is 11.3 Å². The number of amides is 1. The van der Waals surface area contributed by atoms with Crippen LogP contribution in [0.15, 0.2) is 47.3 Å². The number of methoxy groups -OCH3 is 1. The molecule has 3 aromatic rings. The Hall–Kier alpha value is -3.41. The summed E-state index contributed by atoms with van der Waals surface area (Å²) in [6.45, 7) is 4.32. The number of thiazole rings is 1. The Balaban J connectivity index is 1.41. The highest BCUT2D eigenvalue weighted by Gasteiger charge is 2.42. The third-order valence-electron chi connectivity index (χ3n) is 8.70. The first kappa shape index (κ1) is 31.6. The molecule has 3 heterocycles. The van der Waals surface area contributed by atoms with E-state index in [0.717, 1.165) is 49.1 Å². The summed E-state index contributed by atoms with van der Waals surface area (Å²) in [6, 6.07) is 15.0. The van der Waals surface area contributed by atoms with E-state index in [4.69, 9.17) is 21.7 Å². The van der Waals surface area contributed by atoms with Crippen LogP contribution in [-0.4, -0.2) is 52.0 Å². The van der Waals surface area contributed by atoms with Crippen LogP contribution in [0.2, 0.25) is 0 Å². The maximum Gasteiger partial charge on any atom is 0.326 e. The van der Waals surface area contributed by atoms with Crippen molar-refractivity contribution < 1.29 is 19.1 Å². The smallest absolute Gasteiger partial charge is 0.326 e. The zero-order valence-corrected chi connectivity index (χ0v) is 28.2. The van der Waals surface area contributed by atoms with E-state index in [1.807, 2.05) is 24.3 Å². The Morgan fingerprint density at radius 3 is 2.62 bits per heavy atom. The van der Waals surface area contributed by atoms with Gasteiger partial charge < -0.3 is 14.4 Å². The molecule has 1 amide bonds. The molecule has 0 bridgehead atoms. The molecule has 2 aromatic carbocycles. The SMILES string of the molecule is CCCCCN1C(=O)/C(=c2\s/c(=C/c3ccc4c(c3)C3CCCC3N4c3ccc(OC)cc3)c(=O)n2CC(=O)OCC)SC1=S. The maximum atomic E-state index is 13.8. The second kappa shape index (κ2) is 13.5. The number of anilines is 2. The summed E-state index contributed by atoms with van der Waals surface area (Å²) < 4.78 is 13.3. The zero-order chi connectivity index (χ0) is 31.7. The second-order valence-electron chi connectivity index (χ2n) is 11.5. The average Bonchev–Trinajstić information content (AvgIpc) is 3.77. The number of thioether (sulfide) groups is 1. The molecular weight excluding hydrogens is 627 g/mol. The van der Waals surface area contributed by atoms with Crippen molar-refractivity contribution in [2.75, 3.05) is 25.2 Å². The van der Waals surface area contributed by atoms with Crippen molar-refractivity contribution in [3.63, 3.8) is 0 Å². The van der Waals surface area contributed by atoms with Gasteiger partial charge >= 0.3 is 5.97 Å². The predicted octanol–water partition coefficient (Wildman–Crippen LogP) is 5.26. The molecule has 1 aliphatic carbocycles. The Labute approximate surface area is 276 Å². The molecule has 1 saturated heterocycles. The number of carbonyl (C=O) groups excluding carboxylic acids is 2. The number of aromatic nitrogens is 1. The van der Waals surface area contributed by atoms with Crippen molar-refractivity contribution in [1.82, 2.24) is 9.47 Å². The number of unbranched alkanes of at least 4 members (excludes halogenated alkanes) is 2. The van der Waals surface area contributed by atoms with Crippen molar-refractivity contribution in [2.45, 2.75) is 70.9 Å². The van der Waals surface area contributed by atoms with E-state index < -0.39 is 5.97 Å². The molecule has 11 heteroatoms. The fraction of sp³-hybridized carbons (Fsp3) is 0.412. The Bertz CT molecular complexity index is 1810. The number of hydrogen-bond acceptors (Lipinski definition) is 9. The molecule has 1 aromatic heterocycles. The third-order valence-corrected chi connectivity index (χ3v) is 11.4. The van der Waals surface area contributed by atoms with Crippen LogP contribution in [0.5, 0.6) is 5.75 Å². The number of carbonyl (C=O) groups is 2. The van der Waals surface area contributed by atoms with Crippen LogP contribution < -0.4 is 24.4 Å². The molecule has 2 fully saturated rings. The summed E-state index contributed by atoms with van der Waals surface area (Å²) in [5, 5.41) is 0. The first-order chi connectivity index (χ1) is 21.8. The molecule has 6 rings (SSSR count). The van der Waals surface area contributed by atoms with Crippen LogP contribution in [0.25, 0.3) is 11.0 Å². The first-order valence-corrected chi connectivity index (χ1v) is 17.6. The molecule has 0 N–H and O–H groups in total. The van der Waals surface area contributed by atoms with Crippen LogP contribution in [0.3, 0.4) is 0 Å². The Morgan fingerprint density at radius 1 is 1.09 bits per heavy atom. The number of hydrogen-bond donors (Lipinski definition) is 0. The molecule has 2 aliphatic heterocycles. The largest absolute Gasteiger partial charge is 0.497 e. The molecule has 236 valence electrons. The summed E-state index contributed by atoms with van der Waals surface area (Å²) >= 11 is 7.98.